The van der Waals surface area contributed by atoms with Crippen LogP contribution in [0.15, 0.2) is 24.3 Å². The van der Waals surface area contributed by atoms with Crippen molar-refractivity contribution < 1.29 is 58.7 Å². The Hall–Kier alpha value is -3.29. The van der Waals surface area contributed by atoms with Crippen LogP contribution in [0.5, 0.6) is 34.5 Å². The largest absolute Gasteiger partial charge is 0.507 e. The average molecular weight is 508 g/mol. The number of phenolic OH excluding ortho intramolecular Hbond substituents is 1. The SMILES string of the molecule is COc1ccc([C@H]2COc3cc(O[C@@H]4O[C@H](CO)[C@@H](O)[C@H](O)[C@H]4O)cc(O)c3C2=O)c(OC)c1OC. The van der Waals surface area contributed by atoms with E-state index in [1.54, 1.807) is 12.1 Å². The minimum absolute atomic E-state index is 0.0365. The molecule has 0 aromatic heterocycles. The number of methoxy groups -OCH3 is 3. The van der Waals surface area contributed by atoms with Gasteiger partial charge >= 0.3 is 0 Å². The zero-order valence-electron chi connectivity index (χ0n) is 19.8. The fraction of sp³-hybridized carbons (Fsp3) is 0.458. The predicted octanol–water partition coefficient (Wildman–Crippen LogP) is -0.0444. The molecular weight excluding hydrogens is 480 g/mol. The van der Waals surface area contributed by atoms with Gasteiger partial charge in [0.2, 0.25) is 12.0 Å². The lowest BCUT2D eigenvalue weighted by Gasteiger charge is -2.39. The van der Waals surface area contributed by atoms with Crippen molar-refractivity contribution in [2.45, 2.75) is 36.6 Å². The lowest BCUT2D eigenvalue weighted by Crippen LogP contribution is -2.60. The maximum absolute atomic E-state index is 13.4. The van der Waals surface area contributed by atoms with Crippen LogP contribution in [0.4, 0.5) is 0 Å². The fourth-order valence-corrected chi connectivity index (χ4v) is 4.36. The van der Waals surface area contributed by atoms with Crippen LogP contribution < -0.4 is 23.7 Å². The molecule has 2 aliphatic rings. The number of ether oxygens (including phenoxy) is 6. The molecule has 0 spiro atoms. The molecule has 2 heterocycles. The third kappa shape index (κ3) is 4.38. The number of aliphatic hydroxyl groups is 4. The molecule has 2 aliphatic heterocycles. The molecule has 1 fully saturated rings. The van der Waals surface area contributed by atoms with Crippen molar-refractivity contribution in [3.8, 4) is 34.5 Å². The maximum atomic E-state index is 13.4. The van der Waals surface area contributed by atoms with E-state index in [2.05, 4.69) is 0 Å². The Bertz CT molecular complexity index is 1120. The highest BCUT2D eigenvalue weighted by atomic mass is 16.7. The minimum atomic E-state index is -1.65. The number of phenols is 1. The van der Waals surface area contributed by atoms with Gasteiger partial charge in [-0.05, 0) is 6.07 Å². The van der Waals surface area contributed by atoms with Gasteiger partial charge in [0.25, 0.3) is 0 Å². The third-order valence-corrected chi connectivity index (χ3v) is 6.23. The van der Waals surface area contributed by atoms with Crippen LogP contribution in [0, 0.1) is 0 Å². The van der Waals surface area contributed by atoms with Gasteiger partial charge in [-0.25, -0.2) is 0 Å². The van der Waals surface area contributed by atoms with E-state index < -0.39 is 54.8 Å². The molecule has 2 aromatic carbocycles. The molecule has 36 heavy (non-hydrogen) atoms. The summed E-state index contributed by atoms with van der Waals surface area (Å²) in [7, 11) is 4.36. The quantitative estimate of drug-likeness (QED) is 0.338. The Morgan fingerprint density at radius 2 is 1.69 bits per heavy atom. The molecule has 6 atom stereocenters. The van der Waals surface area contributed by atoms with Crippen LogP contribution in [0.2, 0.25) is 0 Å². The van der Waals surface area contributed by atoms with Crippen molar-refractivity contribution in [1.29, 1.82) is 0 Å². The van der Waals surface area contributed by atoms with Crippen LogP contribution in [-0.2, 0) is 4.74 Å². The standard InChI is InChI=1S/C24H28O12/c1-31-14-5-4-11(22(32-2)23(14)33-3)12-9-34-15-7-10(6-13(26)17(15)18(12)27)35-24-21(30)20(29)19(28)16(8-25)36-24/h4-7,12,16,19-21,24-26,28-30H,8-9H2,1-3H3/t12-,16-,19-,20+,21-,24-/m1/s1. The molecule has 1 saturated heterocycles. The van der Waals surface area contributed by atoms with E-state index in [1.165, 1.54) is 27.4 Å². The Balaban J connectivity index is 1.62. The normalized spacial score (nSPS) is 27.6. The monoisotopic (exact) mass is 508 g/mol. The molecule has 0 radical (unpaired) electrons. The van der Waals surface area contributed by atoms with Gasteiger partial charge in [0.05, 0.1) is 33.9 Å². The zero-order valence-corrected chi connectivity index (χ0v) is 19.8. The number of aromatic hydroxyl groups is 1. The van der Waals surface area contributed by atoms with Crippen LogP contribution in [-0.4, -0.2) is 96.6 Å². The van der Waals surface area contributed by atoms with Gasteiger partial charge in [-0.15, -0.1) is 0 Å². The second kappa shape index (κ2) is 10.4. The molecule has 0 bridgehead atoms. The summed E-state index contributed by atoms with van der Waals surface area (Å²) in [6, 6.07) is 5.76. The van der Waals surface area contributed by atoms with E-state index in [0.29, 0.717) is 22.8 Å². The number of carbonyl (C=O) groups is 1. The summed E-state index contributed by atoms with van der Waals surface area (Å²) < 4.78 is 32.8. The summed E-state index contributed by atoms with van der Waals surface area (Å²) in [5.41, 5.74) is 0.399. The summed E-state index contributed by atoms with van der Waals surface area (Å²) in [4.78, 5) is 13.4. The lowest BCUT2D eigenvalue weighted by atomic mass is 9.87. The highest BCUT2D eigenvalue weighted by molar-refractivity contribution is 6.07. The van der Waals surface area contributed by atoms with Gasteiger partial charge in [-0.3, -0.25) is 4.79 Å². The maximum Gasteiger partial charge on any atom is 0.229 e. The molecule has 12 heteroatoms. The van der Waals surface area contributed by atoms with Crippen molar-refractivity contribution in [3.63, 3.8) is 0 Å². The highest BCUT2D eigenvalue weighted by Crippen LogP contribution is 2.47. The fourth-order valence-electron chi connectivity index (χ4n) is 4.36. The number of rotatable bonds is 7. The molecule has 196 valence electrons. The van der Waals surface area contributed by atoms with E-state index in [-0.39, 0.29) is 23.7 Å². The number of hydrogen-bond donors (Lipinski definition) is 5. The molecule has 0 aliphatic carbocycles. The summed E-state index contributed by atoms with van der Waals surface area (Å²) in [6.07, 6.45) is -7.48. The number of Topliss-reactive ketones (excluding diaryl/α,β-unsaturated/α-hetero) is 1. The van der Waals surface area contributed by atoms with Crippen molar-refractivity contribution >= 4 is 5.78 Å². The third-order valence-electron chi connectivity index (χ3n) is 6.23. The van der Waals surface area contributed by atoms with Gasteiger partial charge in [0, 0.05) is 17.7 Å². The lowest BCUT2D eigenvalue weighted by molar-refractivity contribution is -0.277. The van der Waals surface area contributed by atoms with Crippen LogP contribution in [0.25, 0.3) is 0 Å². The van der Waals surface area contributed by atoms with Gasteiger partial charge in [-0.2, -0.15) is 0 Å². The van der Waals surface area contributed by atoms with E-state index in [9.17, 15) is 30.3 Å². The molecule has 2 aromatic rings. The number of ketones is 1. The average Bonchev–Trinajstić information content (AvgIpc) is 2.88. The first-order valence-electron chi connectivity index (χ1n) is 11.1. The zero-order chi connectivity index (χ0) is 26.1. The number of carbonyl (C=O) groups excluding carboxylic acids is 1. The van der Waals surface area contributed by atoms with Gasteiger partial charge < -0.3 is 54.0 Å². The molecule has 0 amide bonds. The van der Waals surface area contributed by atoms with Gasteiger partial charge in [0.1, 0.15) is 53.8 Å². The van der Waals surface area contributed by atoms with Crippen LogP contribution in [0.3, 0.4) is 0 Å². The summed E-state index contributed by atoms with van der Waals surface area (Å²) in [5, 5.41) is 50.1. The number of aliphatic hydroxyl groups excluding tert-OH is 4. The van der Waals surface area contributed by atoms with E-state index in [1.807, 2.05) is 0 Å². The Kier molecular flexibility index (Phi) is 7.43. The van der Waals surface area contributed by atoms with E-state index in [0.717, 1.165) is 6.07 Å². The van der Waals surface area contributed by atoms with E-state index in [4.69, 9.17) is 28.4 Å². The smallest absolute Gasteiger partial charge is 0.229 e. The predicted molar refractivity (Wildman–Crippen MR) is 121 cm³/mol. The van der Waals surface area contributed by atoms with Crippen LogP contribution >= 0.6 is 0 Å². The minimum Gasteiger partial charge on any atom is -0.507 e. The highest BCUT2D eigenvalue weighted by Gasteiger charge is 2.45. The number of hydrogen-bond acceptors (Lipinski definition) is 12. The first kappa shape index (κ1) is 25.8. The van der Waals surface area contributed by atoms with Crippen molar-refractivity contribution in [3.05, 3.63) is 35.4 Å². The molecule has 4 rings (SSSR count). The molecular formula is C24H28O12. The number of fused-ring (bicyclic) bond motifs is 1. The molecule has 5 N–H and O–H groups in total. The second-order valence-corrected chi connectivity index (χ2v) is 8.28. The van der Waals surface area contributed by atoms with Gasteiger partial charge in [0.15, 0.2) is 17.3 Å². The summed E-state index contributed by atoms with van der Waals surface area (Å²) in [5.74, 6) is -0.676. The van der Waals surface area contributed by atoms with Crippen LogP contribution in [0.1, 0.15) is 21.8 Å². The molecule has 0 saturated carbocycles. The summed E-state index contributed by atoms with van der Waals surface area (Å²) in [6.45, 7) is -0.709. The van der Waals surface area contributed by atoms with Crippen molar-refractivity contribution in [2.75, 3.05) is 34.5 Å². The van der Waals surface area contributed by atoms with Crippen molar-refractivity contribution in [2.24, 2.45) is 0 Å². The second-order valence-electron chi connectivity index (χ2n) is 8.28. The number of benzene rings is 2. The Morgan fingerprint density at radius 1 is 0.972 bits per heavy atom. The Labute approximate surface area is 206 Å². The molecule has 12 nitrogen and oxygen atoms in total. The topological polar surface area (TPSA) is 174 Å². The van der Waals surface area contributed by atoms with E-state index >= 15 is 0 Å². The Morgan fingerprint density at radius 3 is 2.33 bits per heavy atom. The van der Waals surface area contributed by atoms with Crippen molar-refractivity contribution in [1.82, 2.24) is 0 Å². The first-order valence-corrected chi connectivity index (χ1v) is 11.1. The first-order chi connectivity index (χ1) is 17.2. The van der Waals surface area contributed by atoms with Gasteiger partial charge in [-0.1, -0.05) is 6.07 Å². The summed E-state index contributed by atoms with van der Waals surface area (Å²) >= 11 is 0. The molecule has 0 unspecified atom stereocenters.